The van der Waals surface area contributed by atoms with Crippen LogP contribution in [0.25, 0.3) is 0 Å². The van der Waals surface area contributed by atoms with E-state index in [-0.39, 0.29) is 36.2 Å². The molecule has 0 saturated carbocycles. The minimum atomic E-state index is -0.833. The van der Waals surface area contributed by atoms with Crippen molar-refractivity contribution < 1.29 is 24.9 Å². The van der Waals surface area contributed by atoms with Crippen LogP contribution in [-0.2, 0) is 9.53 Å². The number of rotatable bonds is 12. The van der Waals surface area contributed by atoms with E-state index < -0.39 is 12.1 Å². The van der Waals surface area contributed by atoms with Gasteiger partial charge in [-0.05, 0) is 20.3 Å². The zero-order chi connectivity index (χ0) is 18.3. The molecule has 0 heterocycles. The van der Waals surface area contributed by atoms with Gasteiger partial charge in [-0.25, -0.2) is 0 Å². The van der Waals surface area contributed by atoms with Crippen LogP contribution >= 0.6 is 0 Å². The van der Waals surface area contributed by atoms with Crippen molar-refractivity contribution in [3.05, 3.63) is 0 Å². The predicted octanol–water partition coefficient (Wildman–Crippen LogP) is 3.36. The fourth-order valence-corrected chi connectivity index (χ4v) is 1.81. The molecule has 1 unspecified atom stereocenters. The molecule has 0 saturated heterocycles. The van der Waals surface area contributed by atoms with Crippen molar-refractivity contribution in [3.63, 3.8) is 0 Å². The van der Waals surface area contributed by atoms with Crippen LogP contribution in [0.1, 0.15) is 85.5 Å². The van der Waals surface area contributed by atoms with Gasteiger partial charge in [-0.15, -0.1) is 0 Å². The Bertz CT molecular complexity index is 210. The Hall–Kier alpha value is 0.350. The van der Waals surface area contributed by atoms with E-state index in [0.29, 0.717) is 0 Å². The number of aliphatic carboxylic acids is 1. The summed E-state index contributed by atoms with van der Waals surface area (Å²) in [6.45, 7) is 8.90. The summed E-state index contributed by atoms with van der Waals surface area (Å²) >= 11 is 0. The van der Waals surface area contributed by atoms with Crippen LogP contribution in [0, 0.1) is 0 Å². The van der Waals surface area contributed by atoms with E-state index in [1.165, 1.54) is 44.9 Å². The number of hydrogen-bond acceptors (Lipinski definition) is 4. The summed E-state index contributed by atoms with van der Waals surface area (Å²) in [5.41, 5.74) is 0. The molecule has 5 nitrogen and oxygen atoms in total. The molecule has 0 radical (unpaired) electrons. The van der Waals surface area contributed by atoms with Crippen LogP contribution < -0.4 is 0 Å². The number of aliphatic hydroxyl groups excluding tert-OH is 2. The molecule has 0 aromatic rings. The molecule has 0 aliphatic carbocycles. The van der Waals surface area contributed by atoms with E-state index >= 15 is 0 Å². The van der Waals surface area contributed by atoms with Gasteiger partial charge < -0.3 is 20.1 Å². The number of carbonyl (C=O) groups is 1. The number of ether oxygens (including phenoxy) is 1. The van der Waals surface area contributed by atoms with Crippen molar-refractivity contribution >= 4 is 35.5 Å². The van der Waals surface area contributed by atoms with E-state index in [1.807, 2.05) is 13.8 Å². The molecule has 3 N–H and O–H groups in total. The summed E-state index contributed by atoms with van der Waals surface area (Å²) in [6, 6.07) is 0. The van der Waals surface area contributed by atoms with Gasteiger partial charge in [-0.2, -0.15) is 0 Å². The maximum absolute atomic E-state index is 9.08. The Morgan fingerprint density at radius 3 is 1.58 bits per heavy atom. The third-order valence-corrected chi connectivity index (χ3v) is 3.01. The average Bonchev–Trinajstić information content (AvgIpc) is 2.50. The molecule has 1 atom stereocenters. The van der Waals surface area contributed by atoms with Crippen LogP contribution in [0.2, 0.25) is 0 Å². The van der Waals surface area contributed by atoms with E-state index in [1.54, 1.807) is 0 Å². The number of hydrogen-bond donors (Lipinski definition) is 3. The third kappa shape index (κ3) is 49.5. The van der Waals surface area contributed by atoms with Crippen molar-refractivity contribution in [1.29, 1.82) is 0 Å². The Kier molecular flexibility index (Phi) is 41.6. The number of carboxylic acids is 1. The van der Waals surface area contributed by atoms with Gasteiger partial charge in [0, 0.05) is 20.1 Å². The molecule has 0 spiro atoms. The van der Waals surface area contributed by atoms with Crippen molar-refractivity contribution in [2.45, 2.75) is 91.6 Å². The first-order chi connectivity index (χ1) is 11.0. The Morgan fingerprint density at radius 2 is 1.29 bits per heavy atom. The molecule has 0 aliphatic rings. The van der Waals surface area contributed by atoms with Crippen molar-refractivity contribution in [3.8, 4) is 0 Å². The summed E-state index contributed by atoms with van der Waals surface area (Å²) in [6.07, 6.45) is 10.5. The van der Waals surface area contributed by atoms with Gasteiger partial charge >= 0.3 is 29.6 Å². The second-order valence-electron chi connectivity index (χ2n) is 5.40. The zero-order valence-corrected chi connectivity index (χ0v) is 15.7. The molecule has 0 rings (SSSR count). The fourth-order valence-electron chi connectivity index (χ4n) is 1.81. The summed E-state index contributed by atoms with van der Waals surface area (Å²) in [5.74, 6) is -0.833. The molecule has 6 heteroatoms. The summed E-state index contributed by atoms with van der Waals surface area (Å²) in [4.78, 5) is 9.00. The van der Waals surface area contributed by atoms with Gasteiger partial charge in [0.15, 0.2) is 0 Å². The topological polar surface area (TPSA) is 87.0 Å². The first kappa shape index (κ1) is 32.1. The quantitative estimate of drug-likeness (QED) is 0.367. The molecule has 0 aliphatic heterocycles. The number of unbranched alkanes of at least 4 members (excludes halogenated alkanes) is 7. The molecule has 0 aromatic carbocycles. The van der Waals surface area contributed by atoms with Gasteiger partial charge in [0.1, 0.15) is 0 Å². The van der Waals surface area contributed by atoms with E-state index in [4.69, 9.17) is 24.9 Å². The number of aliphatic hydroxyl groups is 2. The first-order valence-corrected chi connectivity index (χ1v) is 9.02. The molecular weight excluding hydrogens is 319 g/mol. The van der Waals surface area contributed by atoms with Crippen molar-refractivity contribution in [1.82, 2.24) is 0 Å². The first-order valence-electron chi connectivity index (χ1n) is 9.02. The maximum atomic E-state index is 9.08. The third-order valence-electron chi connectivity index (χ3n) is 3.01. The fraction of sp³-hybridized carbons (Fsp3) is 0.944. The van der Waals surface area contributed by atoms with E-state index in [9.17, 15) is 0 Å². The van der Waals surface area contributed by atoms with Crippen LogP contribution in [0.5, 0.6) is 0 Å². The van der Waals surface area contributed by atoms with E-state index in [0.717, 1.165) is 33.0 Å². The minimum absolute atomic E-state index is 0. The Labute approximate surface area is 171 Å². The van der Waals surface area contributed by atoms with Crippen LogP contribution in [0.4, 0.5) is 0 Å². The van der Waals surface area contributed by atoms with Gasteiger partial charge in [0.05, 0.1) is 12.7 Å². The molecule has 0 amide bonds. The Morgan fingerprint density at radius 1 is 0.917 bits per heavy atom. The molecule has 0 bridgehead atoms. The van der Waals surface area contributed by atoms with Crippen LogP contribution in [0.15, 0.2) is 0 Å². The van der Waals surface area contributed by atoms with Gasteiger partial charge in [-0.1, -0.05) is 58.3 Å². The normalized spacial score (nSPS) is 10.4. The summed E-state index contributed by atoms with van der Waals surface area (Å²) in [7, 11) is 0. The monoisotopic (exact) mass is 360 g/mol. The summed E-state index contributed by atoms with van der Waals surface area (Å²) in [5, 5.41) is 25.1. The number of carboxylic acid groups (broad SMARTS) is 1. The summed E-state index contributed by atoms with van der Waals surface area (Å²) < 4.78 is 4.83. The predicted molar refractivity (Wildman–Crippen MR) is 103 cm³/mol. The molecule has 0 aromatic heterocycles. The average molecular weight is 361 g/mol. The standard InChI is InChI=1S/C12H26O2.C4H10O.C2H4O2.Na.H/c1-2-3-4-5-6-7-8-9-10-12(14)11-13;1-3-5-4-2;1-2(3)4;;/h12-14H,2-11H2,1H3;3-4H2,1-2H3;1H3,(H,3,4);;. The van der Waals surface area contributed by atoms with Crippen LogP contribution in [0.3, 0.4) is 0 Å². The second kappa shape index (κ2) is 31.2. The van der Waals surface area contributed by atoms with Crippen molar-refractivity contribution in [2.24, 2.45) is 0 Å². The SMILES string of the molecule is CC(=O)O.CCCCCCCCCCC(O)CO.CCOCC.[NaH]. The molecule has 0 fully saturated rings. The molecule has 144 valence electrons. The molecule has 24 heavy (non-hydrogen) atoms. The molecular formula is C18H41NaO5. The van der Waals surface area contributed by atoms with E-state index in [2.05, 4.69) is 6.92 Å². The van der Waals surface area contributed by atoms with Gasteiger partial charge in [-0.3, -0.25) is 4.79 Å². The van der Waals surface area contributed by atoms with Crippen molar-refractivity contribution in [2.75, 3.05) is 19.8 Å². The Balaban J connectivity index is -0.000000166. The second-order valence-corrected chi connectivity index (χ2v) is 5.40. The van der Waals surface area contributed by atoms with Crippen LogP contribution in [-0.4, -0.2) is 76.8 Å². The zero-order valence-electron chi connectivity index (χ0n) is 15.7. The van der Waals surface area contributed by atoms with Gasteiger partial charge in [0.2, 0.25) is 0 Å². The van der Waals surface area contributed by atoms with Gasteiger partial charge in [0.25, 0.3) is 5.97 Å².